The Balaban J connectivity index is 1.31. The average Bonchev–Trinajstić information content (AvgIpc) is 3.22. The summed E-state index contributed by atoms with van der Waals surface area (Å²) in [6, 6.07) is 0.725. The lowest BCUT2D eigenvalue weighted by Crippen LogP contribution is -2.41. The second kappa shape index (κ2) is 9.11. The van der Waals surface area contributed by atoms with E-state index in [0.717, 1.165) is 44.8 Å². The predicted octanol–water partition coefficient (Wildman–Crippen LogP) is 2.15. The lowest BCUT2D eigenvalue weighted by molar-refractivity contribution is 0.120. The molecule has 4 rings (SSSR count). The van der Waals surface area contributed by atoms with Crippen LogP contribution in [-0.2, 0) is 11.3 Å². The molecule has 0 spiro atoms. The van der Waals surface area contributed by atoms with Gasteiger partial charge in [-0.05, 0) is 58.3 Å². The van der Waals surface area contributed by atoms with Gasteiger partial charge in [-0.2, -0.15) is 0 Å². The van der Waals surface area contributed by atoms with E-state index in [0.29, 0.717) is 0 Å². The SMILES string of the molecule is c1nc(N2CCOCC2)ncc1CN1CCCC[C@@H]1CCN1CCCC1. The van der Waals surface area contributed by atoms with Crippen LogP contribution in [0.15, 0.2) is 12.4 Å². The normalized spacial score (nSPS) is 25.7. The number of hydrogen-bond donors (Lipinski definition) is 0. The van der Waals surface area contributed by atoms with Crippen molar-refractivity contribution in [3.8, 4) is 0 Å². The highest BCUT2D eigenvalue weighted by Crippen LogP contribution is 2.23. The Hall–Kier alpha value is -1.24. The van der Waals surface area contributed by atoms with Gasteiger partial charge < -0.3 is 14.5 Å². The Bertz CT molecular complexity index is 540. The van der Waals surface area contributed by atoms with Crippen molar-refractivity contribution in [2.24, 2.45) is 0 Å². The maximum Gasteiger partial charge on any atom is 0.225 e. The summed E-state index contributed by atoms with van der Waals surface area (Å²) < 4.78 is 5.41. The predicted molar refractivity (Wildman–Crippen MR) is 103 cm³/mol. The van der Waals surface area contributed by atoms with E-state index in [9.17, 15) is 0 Å². The van der Waals surface area contributed by atoms with Crippen molar-refractivity contribution < 1.29 is 4.74 Å². The van der Waals surface area contributed by atoms with Crippen molar-refractivity contribution in [3.05, 3.63) is 18.0 Å². The molecule has 3 saturated heterocycles. The smallest absolute Gasteiger partial charge is 0.225 e. The van der Waals surface area contributed by atoms with Crippen LogP contribution in [0.5, 0.6) is 0 Å². The molecule has 6 nitrogen and oxygen atoms in total. The molecule has 144 valence electrons. The average molecular weight is 360 g/mol. The van der Waals surface area contributed by atoms with Crippen LogP contribution in [0.25, 0.3) is 0 Å². The van der Waals surface area contributed by atoms with Gasteiger partial charge in [0.05, 0.1) is 13.2 Å². The van der Waals surface area contributed by atoms with E-state index < -0.39 is 0 Å². The van der Waals surface area contributed by atoms with Gasteiger partial charge in [-0.3, -0.25) is 4.90 Å². The number of rotatable bonds is 6. The standard InChI is InChI=1S/C20H33N5O/c1-2-9-25(19(5-1)6-10-23-7-3-4-8-23)17-18-15-21-20(22-16-18)24-11-13-26-14-12-24/h15-16,19H,1-14,17H2/t19-/m1/s1. The zero-order chi connectivity index (χ0) is 17.6. The van der Waals surface area contributed by atoms with Gasteiger partial charge >= 0.3 is 0 Å². The lowest BCUT2D eigenvalue weighted by atomic mass is 9.98. The molecule has 3 fully saturated rings. The van der Waals surface area contributed by atoms with E-state index in [2.05, 4.69) is 24.7 Å². The highest BCUT2D eigenvalue weighted by molar-refractivity contribution is 5.30. The Morgan fingerprint density at radius 1 is 0.923 bits per heavy atom. The number of hydrogen-bond acceptors (Lipinski definition) is 6. The van der Waals surface area contributed by atoms with E-state index in [1.807, 2.05) is 12.4 Å². The van der Waals surface area contributed by atoms with E-state index >= 15 is 0 Å². The largest absolute Gasteiger partial charge is 0.378 e. The van der Waals surface area contributed by atoms with Crippen LogP contribution in [0.3, 0.4) is 0 Å². The monoisotopic (exact) mass is 359 g/mol. The van der Waals surface area contributed by atoms with Crippen molar-refractivity contribution >= 4 is 5.95 Å². The molecule has 0 aliphatic carbocycles. The second-order valence-corrected chi connectivity index (χ2v) is 7.95. The molecule has 26 heavy (non-hydrogen) atoms. The van der Waals surface area contributed by atoms with Crippen LogP contribution >= 0.6 is 0 Å². The first-order valence-electron chi connectivity index (χ1n) is 10.5. The number of likely N-dealkylation sites (tertiary alicyclic amines) is 2. The molecule has 0 radical (unpaired) electrons. The zero-order valence-corrected chi connectivity index (χ0v) is 16.0. The molecular weight excluding hydrogens is 326 g/mol. The molecule has 1 aromatic rings. The molecule has 0 bridgehead atoms. The Kier molecular flexibility index (Phi) is 6.35. The van der Waals surface area contributed by atoms with E-state index in [1.165, 1.54) is 70.3 Å². The van der Waals surface area contributed by atoms with Gasteiger partial charge in [0, 0.05) is 43.6 Å². The first-order valence-corrected chi connectivity index (χ1v) is 10.5. The molecule has 0 N–H and O–H groups in total. The summed E-state index contributed by atoms with van der Waals surface area (Å²) >= 11 is 0. The molecule has 3 aliphatic heterocycles. The van der Waals surface area contributed by atoms with Crippen LogP contribution in [0.2, 0.25) is 0 Å². The lowest BCUT2D eigenvalue weighted by Gasteiger charge is -2.36. The fourth-order valence-electron chi connectivity index (χ4n) is 4.52. The number of ether oxygens (including phenoxy) is 1. The maximum atomic E-state index is 5.41. The quantitative estimate of drug-likeness (QED) is 0.776. The second-order valence-electron chi connectivity index (χ2n) is 7.95. The van der Waals surface area contributed by atoms with Crippen LogP contribution in [-0.4, -0.2) is 78.3 Å². The minimum atomic E-state index is 0.725. The Morgan fingerprint density at radius 2 is 1.65 bits per heavy atom. The van der Waals surface area contributed by atoms with Crippen molar-refractivity contribution in [3.63, 3.8) is 0 Å². The summed E-state index contributed by atoms with van der Waals surface area (Å²) in [5, 5.41) is 0. The first kappa shape index (κ1) is 18.1. The summed E-state index contributed by atoms with van der Waals surface area (Å²) in [5.41, 5.74) is 1.25. The van der Waals surface area contributed by atoms with Crippen LogP contribution in [0, 0.1) is 0 Å². The van der Waals surface area contributed by atoms with E-state index in [4.69, 9.17) is 4.74 Å². The van der Waals surface area contributed by atoms with Crippen LogP contribution in [0.4, 0.5) is 5.95 Å². The van der Waals surface area contributed by atoms with Crippen molar-refractivity contribution in [2.45, 2.75) is 51.1 Å². The highest BCUT2D eigenvalue weighted by Gasteiger charge is 2.24. The summed E-state index contributed by atoms with van der Waals surface area (Å²) in [7, 11) is 0. The van der Waals surface area contributed by atoms with Crippen molar-refractivity contribution in [1.82, 2.24) is 19.8 Å². The highest BCUT2D eigenvalue weighted by atomic mass is 16.5. The summed E-state index contributed by atoms with van der Waals surface area (Å²) in [4.78, 5) is 16.8. The van der Waals surface area contributed by atoms with E-state index in [-0.39, 0.29) is 0 Å². The third-order valence-corrected chi connectivity index (χ3v) is 6.10. The van der Waals surface area contributed by atoms with Crippen molar-refractivity contribution in [1.29, 1.82) is 0 Å². The summed E-state index contributed by atoms with van der Waals surface area (Å²) in [6.45, 7) is 9.44. The molecule has 0 unspecified atom stereocenters. The topological polar surface area (TPSA) is 44.7 Å². The third-order valence-electron chi connectivity index (χ3n) is 6.10. The molecule has 4 heterocycles. The minimum absolute atomic E-state index is 0.725. The molecule has 0 aromatic carbocycles. The van der Waals surface area contributed by atoms with Gasteiger partial charge in [0.1, 0.15) is 0 Å². The fourth-order valence-corrected chi connectivity index (χ4v) is 4.52. The van der Waals surface area contributed by atoms with Crippen LogP contribution in [0.1, 0.15) is 44.1 Å². The summed E-state index contributed by atoms with van der Waals surface area (Å²) in [6.07, 6.45) is 12.2. The zero-order valence-electron chi connectivity index (χ0n) is 16.0. The Morgan fingerprint density at radius 3 is 2.42 bits per heavy atom. The van der Waals surface area contributed by atoms with Gasteiger partial charge in [0.15, 0.2) is 0 Å². The molecule has 1 atom stereocenters. The van der Waals surface area contributed by atoms with Gasteiger partial charge in [-0.25, -0.2) is 9.97 Å². The van der Waals surface area contributed by atoms with Crippen molar-refractivity contribution in [2.75, 3.05) is 57.4 Å². The minimum Gasteiger partial charge on any atom is -0.378 e. The molecular formula is C20H33N5O. The number of piperidine rings is 1. The maximum absolute atomic E-state index is 5.41. The molecule has 0 saturated carbocycles. The van der Waals surface area contributed by atoms with Gasteiger partial charge in [-0.15, -0.1) is 0 Å². The van der Waals surface area contributed by atoms with Gasteiger partial charge in [0.25, 0.3) is 0 Å². The fraction of sp³-hybridized carbons (Fsp3) is 0.800. The van der Waals surface area contributed by atoms with E-state index in [1.54, 1.807) is 0 Å². The van der Waals surface area contributed by atoms with Crippen LogP contribution < -0.4 is 4.90 Å². The molecule has 0 amide bonds. The molecule has 1 aromatic heterocycles. The third kappa shape index (κ3) is 4.72. The first-order chi connectivity index (χ1) is 12.9. The Labute approximate surface area is 157 Å². The number of aromatic nitrogens is 2. The van der Waals surface area contributed by atoms with Gasteiger partial charge in [-0.1, -0.05) is 6.42 Å². The molecule has 6 heteroatoms. The van der Waals surface area contributed by atoms with Gasteiger partial charge in [0.2, 0.25) is 5.95 Å². The number of anilines is 1. The number of nitrogens with zero attached hydrogens (tertiary/aromatic N) is 5. The number of morpholine rings is 1. The summed E-state index contributed by atoms with van der Waals surface area (Å²) in [5.74, 6) is 0.848. The molecule has 3 aliphatic rings.